The second kappa shape index (κ2) is 10.9. The summed E-state index contributed by atoms with van der Waals surface area (Å²) in [5.41, 5.74) is 3.66. The highest BCUT2D eigenvalue weighted by Gasteiger charge is 2.27. The van der Waals surface area contributed by atoms with Gasteiger partial charge < -0.3 is 23.8 Å². The van der Waals surface area contributed by atoms with Gasteiger partial charge in [-0.2, -0.15) is 4.98 Å². The summed E-state index contributed by atoms with van der Waals surface area (Å²) >= 11 is 0. The molecule has 0 bridgehead atoms. The third kappa shape index (κ3) is 5.13. The molecule has 1 aromatic carbocycles. The highest BCUT2D eigenvalue weighted by atomic mass is 16.6. The molecule has 8 nitrogen and oxygen atoms in total. The number of hydrogen-bond donors (Lipinski definition) is 0. The molecule has 0 spiro atoms. The van der Waals surface area contributed by atoms with Gasteiger partial charge in [-0.15, -0.1) is 0 Å². The Balaban J connectivity index is 1.23. The van der Waals surface area contributed by atoms with Gasteiger partial charge in [0.25, 0.3) is 0 Å². The van der Waals surface area contributed by atoms with Crippen LogP contribution in [0.25, 0.3) is 11.3 Å². The number of hydrogen-bond acceptors (Lipinski definition) is 7. The summed E-state index contributed by atoms with van der Waals surface area (Å²) in [5, 5.41) is 0. The maximum Gasteiger partial charge on any atom is 0.351 e. The number of aromatic nitrogens is 2. The van der Waals surface area contributed by atoms with E-state index in [0.717, 1.165) is 53.8 Å². The Hall–Kier alpha value is -3.78. The number of benzene rings is 1. The van der Waals surface area contributed by atoms with Crippen molar-refractivity contribution in [3.8, 4) is 22.9 Å². The van der Waals surface area contributed by atoms with Crippen LogP contribution in [-0.2, 0) is 22.4 Å². The van der Waals surface area contributed by atoms with Gasteiger partial charge in [-0.25, -0.2) is 4.79 Å². The van der Waals surface area contributed by atoms with Crippen LogP contribution in [0.4, 0.5) is 0 Å². The Morgan fingerprint density at radius 1 is 1.18 bits per heavy atom. The standard InChI is InChI=1S/C30H33N3O5/c1-32-13-5-8-23(32)12-15-36-24-9-10-25-22(18-24)11-14-33-26(25)19-28(31-30(33)34)38-29(21-6-3-2-4-7-21)27-20-35-16-17-37-27/h2-3,6,9-10,16-20,23,29H,4-5,7-8,11-15H2,1H3. The quantitative estimate of drug-likeness (QED) is 0.504. The molecule has 2 aromatic rings. The summed E-state index contributed by atoms with van der Waals surface area (Å²) in [5.74, 6) is 1.65. The molecule has 0 N–H and O–H groups in total. The molecule has 198 valence electrons. The first-order valence-electron chi connectivity index (χ1n) is 13.4. The summed E-state index contributed by atoms with van der Waals surface area (Å²) < 4.78 is 25.2. The Morgan fingerprint density at radius 2 is 2.13 bits per heavy atom. The number of fused-ring (bicyclic) bond motifs is 3. The van der Waals surface area contributed by atoms with E-state index in [1.54, 1.807) is 4.57 Å². The van der Waals surface area contributed by atoms with Gasteiger partial charge in [0, 0.05) is 24.2 Å². The first kappa shape index (κ1) is 24.6. The van der Waals surface area contributed by atoms with E-state index < -0.39 is 6.10 Å². The normalized spacial score (nSPS) is 20.9. The van der Waals surface area contributed by atoms with Gasteiger partial charge in [-0.3, -0.25) is 4.57 Å². The largest absolute Gasteiger partial charge is 0.494 e. The Kier molecular flexibility index (Phi) is 7.05. The zero-order valence-electron chi connectivity index (χ0n) is 21.7. The van der Waals surface area contributed by atoms with E-state index in [2.05, 4.69) is 29.1 Å². The van der Waals surface area contributed by atoms with Gasteiger partial charge in [-0.05, 0) is 81.5 Å². The minimum Gasteiger partial charge on any atom is -0.494 e. The lowest BCUT2D eigenvalue weighted by Gasteiger charge is -2.26. The third-order valence-corrected chi connectivity index (χ3v) is 7.74. The van der Waals surface area contributed by atoms with Crippen LogP contribution in [-0.4, -0.2) is 46.8 Å². The van der Waals surface area contributed by atoms with Gasteiger partial charge in [0.15, 0.2) is 11.9 Å². The van der Waals surface area contributed by atoms with Crippen LogP contribution in [0.5, 0.6) is 11.6 Å². The molecule has 1 aromatic heterocycles. The first-order chi connectivity index (χ1) is 18.7. The van der Waals surface area contributed by atoms with Crippen LogP contribution in [0.15, 0.2) is 77.4 Å². The zero-order chi connectivity index (χ0) is 25.9. The maximum absolute atomic E-state index is 13.0. The van der Waals surface area contributed by atoms with E-state index in [9.17, 15) is 4.79 Å². The number of allylic oxidation sites excluding steroid dienone is 3. The minimum atomic E-state index is -0.544. The monoisotopic (exact) mass is 515 g/mol. The number of nitrogens with zero attached hydrogens (tertiary/aromatic N) is 3. The van der Waals surface area contributed by atoms with Crippen molar-refractivity contribution >= 4 is 0 Å². The summed E-state index contributed by atoms with van der Waals surface area (Å²) in [7, 11) is 2.19. The minimum absolute atomic E-state index is 0.259. The molecule has 4 aliphatic rings. The number of aryl methyl sites for hydroxylation is 1. The fourth-order valence-corrected chi connectivity index (χ4v) is 5.66. The highest BCUT2D eigenvalue weighted by Crippen LogP contribution is 2.34. The molecule has 0 radical (unpaired) electrons. The van der Waals surface area contributed by atoms with Crippen LogP contribution >= 0.6 is 0 Å². The van der Waals surface area contributed by atoms with Crippen molar-refractivity contribution < 1.29 is 18.9 Å². The van der Waals surface area contributed by atoms with Crippen LogP contribution in [0.1, 0.15) is 37.7 Å². The van der Waals surface area contributed by atoms with Crippen LogP contribution in [0, 0.1) is 0 Å². The molecule has 4 heterocycles. The van der Waals surface area contributed by atoms with Crippen molar-refractivity contribution in [2.24, 2.45) is 0 Å². The second-order valence-electron chi connectivity index (χ2n) is 10.1. The smallest absolute Gasteiger partial charge is 0.351 e. The highest BCUT2D eigenvalue weighted by molar-refractivity contribution is 5.67. The fraction of sp³-hybridized carbons (Fsp3) is 0.400. The Morgan fingerprint density at radius 3 is 2.92 bits per heavy atom. The zero-order valence-corrected chi connectivity index (χ0v) is 21.7. The van der Waals surface area contributed by atoms with E-state index in [1.165, 1.54) is 38.2 Å². The molecule has 0 saturated carbocycles. The maximum atomic E-state index is 13.0. The summed E-state index contributed by atoms with van der Waals surface area (Å²) in [4.78, 5) is 19.7. The third-order valence-electron chi connectivity index (χ3n) is 7.74. The molecule has 3 aliphatic heterocycles. The van der Waals surface area contributed by atoms with Crippen LogP contribution < -0.4 is 15.2 Å². The molecule has 0 amide bonds. The molecule has 38 heavy (non-hydrogen) atoms. The van der Waals surface area contributed by atoms with E-state index in [4.69, 9.17) is 18.9 Å². The summed E-state index contributed by atoms with van der Waals surface area (Å²) in [6.45, 7) is 2.44. The van der Waals surface area contributed by atoms with Crippen molar-refractivity contribution in [3.05, 3.63) is 88.7 Å². The Bertz CT molecular complexity index is 1370. The number of ether oxygens (including phenoxy) is 4. The lowest BCUT2D eigenvalue weighted by atomic mass is 9.97. The number of likely N-dealkylation sites (tertiary alicyclic amines) is 1. The van der Waals surface area contributed by atoms with Gasteiger partial charge in [0.1, 0.15) is 24.5 Å². The predicted octanol–water partition coefficient (Wildman–Crippen LogP) is 4.71. The molecular weight excluding hydrogens is 482 g/mol. The van der Waals surface area contributed by atoms with Gasteiger partial charge in [-0.1, -0.05) is 18.2 Å². The fourth-order valence-electron chi connectivity index (χ4n) is 5.66. The first-order valence-corrected chi connectivity index (χ1v) is 13.4. The SMILES string of the molecule is CN1CCCC1CCOc1ccc2c(c1)CCn1c-2cc(OC(C2=CC=CCC2)C2=COC=CO2)nc1=O. The average Bonchev–Trinajstić information content (AvgIpc) is 3.36. The molecule has 2 unspecified atom stereocenters. The Labute approximate surface area is 222 Å². The van der Waals surface area contributed by atoms with Crippen LogP contribution in [0.3, 0.4) is 0 Å². The van der Waals surface area contributed by atoms with Crippen molar-refractivity contribution in [1.82, 2.24) is 14.5 Å². The molecule has 1 aliphatic carbocycles. The molecule has 1 fully saturated rings. The predicted molar refractivity (Wildman–Crippen MR) is 144 cm³/mol. The van der Waals surface area contributed by atoms with Crippen molar-refractivity contribution in [3.63, 3.8) is 0 Å². The second-order valence-corrected chi connectivity index (χ2v) is 10.1. The van der Waals surface area contributed by atoms with Crippen LogP contribution in [0.2, 0.25) is 0 Å². The van der Waals surface area contributed by atoms with Gasteiger partial charge >= 0.3 is 5.69 Å². The summed E-state index contributed by atoms with van der Waals surface area (Å²) in [6, 6.07) is 8.60. The summed E-state index contributed by atoms with van der Waals surface area (Å²) in [6.07, 6.45) is 16.1. The van der Waals surface area contributed by atoms with Gasteiger partial charge in [0.2, 0.25) is 5.88 Å². The average molecular weight is 516 g/mol. The lowest BCUT2D eigenvalue weighted by molar-refractivity contribution is 0.154. The molecule has 2 atom stereocenters. The van der Waals surface area contributed by atoms with Crippen molar-refractivity contribution in [2.45, 2.75) is 57.2 Å². The topological polar surface area (TPSA) is 75.1 Å². The van der Waals surface area contributed by atoms with Gasteiger partial charge in [0.05, 0.1) is 12.3 Å². The van der Waals surface area contributed by atoms with Crippen molar-refractivity contribution in [2.75, 3.05) is 20.2 Å². The molecule has 6 rings (SSSR count). The van der Waals surface area contributed by atoms with E-state index >= 15 is 0 Å². The number of rotatable bonds is 8. The molecular formula is C30H33N3O5. The van der Waals surface area contributed by atoms with Crippen molar-refractivity contribution in [1.29, 1.82) is 0 Å². The molecule has 8 heteroatoms. The lowest BCUT2D eigenvalue weighted by Crippen LogP contribution is -2.31. The van der Waals surface area contributed by atoms with E-state index in [0.29, 0.717) is 25.0 Å². The van der Waals surface area contributed by atoms with E-state index in [-0.39, 0.29) is 11.6 Å². The van der Waals surface area contributed by atoms with E-state index in [1.807, 2.05) is 30.4 Å². The molecule has 1 saturated heterocycles.